The number of hydrogen-bond donors (Lipinski definition) is 2. The molecule has 26 heavy (non-hydrogen) atoms. The molecule has 4 N–H and O–H groups in total. The van der Waals surface area contributed by atoms with Gasteiger partial charge in [-0.15, -0.1) is 0 Å². The Hall–Kier alpha value is -3.68. The van der Waals surface area contributed by atoms with Crippen LogP contribution in [-0.2, 0) is 6.54 Å². The van der Waals surface area contributed by atoms with Crippen LogP contribution >= 0.6 is 0 Å². The standard InChI is InChI=1S/C18H18N6O2/c1-2-3-12-8-13(17(19)25)4-5-15(12)24(9-14-10-26-11-22-14)16-6-7-21-18(20)23-16/h2-8,10-11H,9H2,1H3,(H2,19,25)(H2,20,21,23). The molecule has 0 unspecified atom stereocenters. The number of carbonyl (C=O) groups excluding carboxylic acids is 1. The van der Waals surface area contributed by atoms with Crippen molar-refractivity contribution in [2.45, 2.75) is 13.5 Å². The minimum absolute atomic E-state index is 0.161. The predicted molar refractivity (Wildman–Crippen MR) is 98.5 cm³/mol. The van der Waals surface area contributed by atoms with E-state index in [4.69, 9.17) is 15.9 Å². The normalized spacial score (nSPS) is 11.0. The van der Waals surface area contributed by atoms with E-state index in [1.165, 1.54) is 6.39 Å². The van der Waals surface area contributed by atoms with Gasteiger partial charge in [-0.1, -0.05) is 12.2 Å². The van der Waals surface area contributed by atoms with Crippen molar-refractivity contribution >= 4 is 29.4 Å². The van der Waals surface area contributed by atoms with E-state index in [1.54, 1.807) is 30.7 Å². The molecule has 2 aromatic heterocycles. The third kappa shape index (κ3) is 3.69. The maximum absolute atomic E-state index is 11.5. The Morgan fingerprint density at radius 2 is 2.15 bits per heavy atom. The third-order valence-corrected chi connectivity index (χ3v) is 3.69. The average molecular weight is 350 g/mol. The zero-order chi connectivity index (χ0) is 18.5. The number of nitrogen functional groups attached to an aromatic ring is 1. The summed E-state index contributed by atoms with van der Waals surface area (Å²) in [6.45, 7) is 2.29. The first kappa shape index (κ1) is 17.2. The highest BCUT2D eigenvalue weighted by Crippen LogP contribution is 2.31. The molecule has 0 saturated carbocycles. The molecular weight excluding hydrogens is 332 g/mol. The second kappa shape index (κ2) is 7.47. The molecule has 0 radical (unpaired) electrons. The van der Waals surface area contributed by atoms with Crippen molar-refractivity contribution in [3.8, 4) is 0 Å². The topological polar surface area (TPSA) is 124 Å². The molecule has 0 spiro atoms. The summed E-state index contributed by atoms with van der Waals surface area (Å²) in [6, 6.07) is 6.97. The van der Waals surface area contributed by atoms with E-state index in [1.807, 2.05) is 30.0 Å². The molecule has 0 fully saturated rings. The molecule has 0 bridgehead atoms. The Labute approximate surface area is 150 Å². The summed E-state index contributed by atoms with van der Waals surface area (Å²) in [7, 11) is 0. The van der Waals surface area contributed by atoms with Gasteiger partial charge in [-0.2, -0.15) is 4.98 Å². The number of nitrogens with zero attached hydrogens (tertiary/aromatic N) is 4. The maximum Gasteiger partial charge on any atom is 0.248 e. The predicted octanol–water partition coefficient (Wildman–Crippen LogP) is 2.52. The number of allylic oxidation sites excluding steroid dienone is 1. The highest BCUT2D eigenvalue weighted by atomic mass is 16.3. The molecule has 0 aliphatic heterocycles. The lowest BCUT2D eigenvalue weighted by Gasteiger charge is -2.25. The lowest BCUT2D eigenvalue weighted by molar-refractivity contribution is 0.100. The van der Waals surface area contributed by atoms with Crippen molar-refractivity contribution in [3.63, 3.8) is 0 Å². The highest BCUT2D eigenvalue weighted by Gasteiger charge is 2.17. The molecule has 3 rings (SSSR count). The van der Waals surface area contributed by atoms with Crippen LogP contribution in [0.1, 0.15) is 28.5 Å². The molecule has 8 heteroatoms. The van der Waals surface area contributed by atoms with Gasteiger partial charge in [0.25, 0.3) is 0 Å². The number of aromatic nitrogens is 3. The number of anilines is 3. The first-order valence-electron chi connectivity index (χ1n) is 7.88. The summed E-state index contributed by atoms with van der Waals surface area (Å²) in [5.74, 6) is 0.267. The van der Waals surface area contributed by atoms with E-state index >= 15 is 0 Å². The van der Waals surface area contributed by atoms with Gasteiger partial charge in [0.1, 0.15) is 12.1 Å². The van der Waals surface area contributed by atoms with Crippen LogP contribution in [0.25, 0.3) is 6.08 Å². The zero-order valence-corrected chi connectivity index (χ0v) is 14.2. The van der Waals surface area contributed by atoms with Gasteiger partial charge in [-0.05, 0) is 36.8 Å². The molecular formula is C18H18N6O2. The molecule has 0 aliphatic carbocycles. The number of benzene rings is 1. The fourth-order valence-electron chi connectivity index (χ4n) is 2.55. The van der Waals surface area contributed by atoms with Crippen LogP contribution in [0.4, 0.5) is 17.5 Å². The van der Waals surface area contributed by atoms with Crippen LogP contribution < -0.4 is 16.4 Å². The third-order valence-electron chi connectivity index (χ3n) is 3.69. The number of primary amides is 1. The van der Waals surface area contributed by atoms with Crippen LogP contribution in [0.15, 0.2) is 53.6 Å². The summed E-state index contributed by atoms with van der Waals surface area (Å²) in [6.07, 6.45) is 8.28. The maximum atomic E-state index is 11.5. The Balaban J connectivity index is 2.13. The number of nitrogens with two attached hydrogens (primary N) is 2. The SMILES string of the molecule is CC=Cc1cc(C(N)=O)ccc1N(Cc1cocn1)c1ccnc(N)n1. The van der Waals surface area contributed by atoms with Gasteiger partial charge in [-0.25, -0.2) is 9.97 Å². The number of hydrogen-bond acceptors (Lipinski definition) is 7. The molecule has 3 aromatic rings. The van der Waals surface area contributed by atoms with Gasteiger partial charge in [-0.3, -0.25) is 4.79 Å². The Morgan fingerprint density at radius 3 is 2.81 bits per heavy atom. The smallest absolute Gasteiger partial charge is 0.248 e. The monoisotopic (exact) mass is 350 g/mol. The van der Waals surface area contributed by atoms with Crippen LogP contribution in [0.3, 0.4) is 0 Å². The van der Waals surface area contributed by atoms with Gasteiger partial charge in [0.15, 0.2) is 6.39 Å². The first-order chi connectivity index (χ1) is 12.6. The van der Waals surface area contributed by atoms with Gasteiger partial charge in [0.2, 0.25) is 11.9 Å². The van der Waals surface area contributed by atoms with Crippen LogP contribution in [0, 0.1) is 0 Å². The minimum Gasteiger partial charge on any atom is -0.451 e. The van der Waals surface area contributed by atoms with E-state index in [0.29, 0.717) is 23.6 Å². The molecule has 0 saturated heterocycles. The Morgan fingerprint density at radius 1 is 1.31 bits per heavy atom. The number of oxazole rings is 1. The fourth-order valence-corrected chi connectivity index (χ4v) is 2.55. The molecule has 132 valence electrons. The zero-order valence-electron chi connectivity index (χ0n) is 14.2. The lowest BCUT2D eigenvalue weighted by atomic mass is 10.1. The average Bonchev–Trinajstić information content (AvgIpc) is 3.13. The summed E-state index contributed by atoms with van der Waals surface area (Å²) in [5.41, 5.74) is 13.9. The molecule has 1 aromatic carbocycles. The Kier molecular flexibility index (Phi) is 4.93. The van der Waals surface area contributed by atoms with Crippen molar-refractivity contribution in [1.82, 2.24) is 15.0 Å². The van der Waals surface area contributed by atoms with Gasteiger partial charge >= 0.3 is 0 Å². The van der Waals surface area contributed by atoms with Crippen molar-refractivity contribution in [3.05, 3.63) is 66.0 Å². The molecule has 2 heterocycles. The van der Waals surface area contributed by atoms with Gasteiger partial charge in [0.05, 0.1) is 17.9 Å². The van der Waals surface area contributed by atoms with Crippen LogP contribution in [-0.4, -0.2) is 20.9 Å². The number of rotatable bonds is 6. The second-order valence-corrected chi connectivity index (χ2v) is 5.48. The second-order valence-electron chi connectivity index (χ2n) is 5.48. The molecule has 1 amide bonds. The van der Waals surface area contributed by atoms with E-state index in [0.717, 1.165) is 11.3 Å². The Bertz CT molecular complexity index is 937. The van der Waals surface area contributed by atoms with E-state index in [9.17, 15) is 4.79 Å². The van der Waals surface area contributed by atoms with Crippen molar-refractivity contribution in [2.24, 2.45) is 5.73 Å². The molecule has 8 nitrogen and oxygen atoms in total. The largest absolute Gasteiger partial charge is 0.451 e. The van der Waals surface area contributed by atoms with Crippen molar-refractivity contribution < 1.29 is 9.21 Å². The number of amides is 1. The van der Waals surface area contributed by atoms with Crippen LogP contribution in [0.2, 0.25) is 0 Å². The van der Waals surface area contributed by atoms with Crippen LogP contribution in [0.5, 0.6) is 0 Å². The van der Waals surface area contributed by atoms with E-state index in [2.05, 4.69) is 15.0 Å². The lowest BCUT2D eigenvalue weighted by Crippen LogP contribution is -2.20. The number of carbonyl (C=O) groups is 1. The minimum atomic E-state index is -0.489. The summed E-state index contributed by atoms with van der Waals surface area (Å²) in [5, 5.41) is 0. The summed E-state index contributed by atoms with van der Waals surface area (Å²) in [4.78, 5) is 25.9. The fraction of sp³-hybridized carbons (Fsp3) is 0.111. The van der Waals surface area contributed by atoms with Crippen molar-refractivity contribution in [1.29, 1.82) is 0 Å². The quantitative estimate of drug-likeness (QED) is 0.700. The summed E-state index contributed by atoms with van der Waals surface area (Å²) < 4.78 is 5.07. The molecule has 0 atom stereocenters. The van der Waals surface area contributed by atoms with E-state index < -0.39 is 5.91 Å². The highest BCUT2D eigenvalue weighted by molar-refractivity contribution is 5.94. The van der Waals surface area contributed by atoms with Gasteiger partial charge in [0, 0.05) is 11.8 Å². The van der Waals surface area contributed by atoms with Gasteiger partial charge < -0.3 is 20.8 Å². The first-order valence-corrected chi connectivity index (χ1v) is 7.88. The van der Waals surface area contributed by atoms with Crippen molar-refractivity contribution in [2.75, 3.05) is 10.6 Å². The van der Waals surface area contributed by atoms with E-state index in [-0.39, 0.29) is 5.95 Å². The molecule has 0 aliphatic rings. The summed E-state index contributed by atoms with van der Waals surface area (Å²) >= 11 is 0.